The summed E-state index contributed by atoms with van der Waals surface area (Å²) in [5, 5.41) is 25.3. The molecule has 0 unspecified atom stereocenters. The Bertz CT molecular complexity index is 1100. The zero-order valence-corrected chi connectivity index (χ0v) is 14.8. The third-order valence-electron chi connectivity index (χ3n) is 3.62. The number of alkyl halides is 3. The van der Waals surface area contributed by atoms with Crippen LogP contribution < -0.4 is 5.73 Å². The highest BCUT2D eigenvalue weighted by molar-refractivity contribution is 5.88. The second-order valence-corrected chi connectivity index (χ2v) is 5.59. The predicted octanol–water partition coefficient (Wildman–Crippen LogP) is 3.79. The number of aromatic nitrogens is 1. The van der Waals surface area contributed by atoms with Crippen molar-refractivity contribution in [2.75, 3.05) is 5.73 Å². The number of nitrogens with zero attached hydrogens (tertiary/aromatic N) is 2. The number of nitriles is 1. The Kier molecular flexibility index (Phi) is 6.43. The first-order chi connectivity index (χ1) is 14.0. The van der Waals surface area contributed by atoms with E-state index < -0.39 is 18.1 Å². The predicted molar refractivity (Wildman–Crippen MR) is 97.2 cm³/mol. The van der Waals surface area contributed by atoms with E-state index in [-0.39, 0.29) is 16.9 Å². The van der Waals surface area contributed by atoms with Crippen molar-refractivity contribution >= 4 is 17.8 Å². The van der Waals surface area contributed by atoms with Gasteiger partial charge in [-0.05, 0) is 30.3 Å². The van der Waals surface area contributed by atoms with E-state index in [1.807, 2.05) is 6.07 Å². The fraction of sp³-hybridized carbons (Fsp3) is 0.0526. The lowest BCUT2D eigenvalue weighted by molar-refractivity contribution is -0.192. The fourth-order valence-corrected chi connectivity index (χ4v) is 2.24. The number of halogens is 3. The van der Waals surface area contributed by atoms with Crippen LogP contribution in [0.5, 0.6) is 0 Å². The average Bonchev–Trinajstić information content (AvgIpc) is 3.22. The summed E-state index contributed by atoms with van der Waals surface area (Å²) < 4.78 is 37.1. The highest BCUT2D eigenvalue weighted by Gasteiger charge is 2.38. The highest BCUT2D eigenvalue weighted by atomic mass is 19.4. The average molecular weight is 419 g/mol. The van der Waals surface area contributed by atoms with Gasteiger partial charge in [0.1, 0.15) is 23.2 Å². The second-order valence-electron chi connectivity index (χ2n) is 5.59. The maximum Gasteiger partial charge on any atom is 0.490 e. The van der Waals surface area contributed by atoms with Crippen LogP contribution in [0.2, 0.25) is 0 Å². The van der Waals surface area contributed by atoms with Gasteiger partial charge in [-0.3, -0.25) is 0 Å². The van der Waals surface area contributed by atoms with Gasteiger partial charge in [0, 0.05) is 11.1 Å². The number of nitrogens with two attached hydrogens (primary N) is 1. The van der Waals surface area contributed by atoms with E-state index in [0.29, 0.717) is 22.6 Å². The summed E-state index contributed by atoms with van der Waals surface area (Å²) in [5.74, 6) is -3.15. The number of carboxylic acids is 2. The summed E-state index contributed by atoms with van der Waals surface area (Å²) in [6, 6.07) is 13.4. The molecule has 0 fully saturated rings. The Morgan fingerprint density at radius 3 is 2.17 bits per heavy atom. The number of anilines is 1. The molecule has 2 heterocycles. The molecule has 0 aliphatic heterocycles. The first kappa shape index (κ1) is 22.0. The van der Waals surface area contributed by atoms with Crippen molar-refractivity contribution in [2.24, 2.45) is 0 Å². The van der Waals surface area contributed by atoms with Crippen molar-refractivity contribution in [1.82, 2.24) is 4.98 Å². The maximum atomic E-state index is 10.9. The van der Waals surface area contributed by atoms with Crippen molar-refractivity contribution in [3.63, 3.8) is 0 Å². The number of hydrogen-bond donors (Lipinski definition) is 3. The summed E-state index contributed by atoms with van der Waals surface area (Å²) in [4.78, 5) is 24.0. The Hall–Kier alpha value is -4.33. The number of carboxylic acid groups (broad SMARTS) is 2. The molecule has 0 radical (unpaired) electrons. The standard InChI is InChI=1S/C17H11N3O3.C2HF3O2/c18-9-13-12(15-2-1-7-23-15)8-14(20-16(13)19)10-3-5-11(6-4-10)17(21)22;3-2(4,5)1(6)7/h1-8H,(H2,19,20)(H,21,22);(H,6,7). The number of furan rings is 1. The largest absolute Gasteiger partial charge is 0.490 e. The molecule has 3 aromatic rings. The zero-order valence-electron chi connectivity index (χ0n) is 14.8. The zero-order chi connectivity index (χ0) is 22.5. The van der Waals surface area contributed by atoms with Crippen LogP contribution in [0.1, 0.15) is 15.9 Å². The molecule has 3 rings (SSSR count). The molecule has 30 heavy (non-hydrogen) atoms. The van der Waals surface area contributed by atoms with E-state index in [0.717, 1.165) is 0 Å². The van der Waals surface area contributed by atoms with Gasteiger partial charge >= 0.3 is 18.1 Å². The van der Waals surface area contributed by atoms with Crippen molar-refractivity contribution in [3.05, 3.63) is 59.9 Å². The lowest BCUT2D eigenvalue weighted by Gasteiger charge is -2.08. The molecule has 154 valence electrons. The van der Waals surface area contributed by atoms with E-state index >= 15 is 0 Å². The van der Waals surface area contributed by atoms with Gasteiger partial charge in [-0.25, -0.2) is 14.6 Å². The van der Waals surface area contributed by atoms with Gasteiger partial charge in [0.05, 0.1) is 17.5 Å². The van der Waals surface area contributed by atoms with Crippen LogP contribution in [0.15, 0.2) is 53.1 Å². The normalized spacial score (nSPS) is 10.5. The Morgan fingerprint density at radius 2 is 1.73 bits per heavy atom. The van der Waals surface area contributed by atoms with E-state index in [4.69, 9.17) is 25.2 Å². The van der Waals surface area contributed by atoms with Crippen molar-refractivity contribution in [2.45, 2.75) is 6.18 Å². The fourth-order valence-electron chi connectivity index (χ4n) is 2.24. The first-order valence-corrected chi connectivity index (χ1v) is 7.93. The minimum absolute atomic E-state index is 0.0960. The molecule has 1 aromatic carbocycles. The van der Waals surface area contributed by atoms with Gasteiger partial charge in [0.2, 0.25) is 0 Å². The summed E-state index contributed by atoms with van der Waals surface area (Å²) in [6.07, 6.45) is -3.57. The van der Waals surface area contributed by atoms with Crippen molar-refractivity contribution < 1.29 is 37.4 Å². The lowest BCUT2D eigenvalue weighted by Crippen LogP contribution is -2.21. The van der Waals surface area contributed by atoms with Crippen LogP contribution in [0, 0.1) is 11.3 Å². The molecule has 4 N–H and O–H groups in total. The Labute approximate surface area is 166 Å². The molecule has 0 saturated carbocycles. The molecule has 0 aliphatic carbocycles. The van der Waals surface area contributed by atoms with Crippen molar-refractivity contribution in [1.29, 1.82) is 5.26 Å². The van der Waals surface area contributed by atoms with Crippen LogP contribution in [0.25, 0.3) is 22.6 Å². The van der Waals surface area contributed by atoms with E-state index in [1.54, 1.807) is 30.3 Å². The number of pyridine rings is 1. The monoisotopic (exact) mass is 419 g/mol. The number of hydrogen-bond acceptors (Lipinski definition) is 6. The molecular weight excluding hydrogens is 407 g/mol. The Morgan fingerprint density at radius 1 is 1.13 bits per heavy atom. The van der Waals surface area contributed by atoms with Gasteiger partial charge in [-0.2, -0.15) is 18.4 Å². The molecule has 0 aliphatic rings. The third kappa shape index (κ3) is 5.14. The van der Waals surface area contributed by atoms with E-state index in [2.05, 4.69) is 4.98 Å². The minimum atomic E-state index is -5.08. The molecule has 8 nitrogen and oxygen atoms in total. The smallest absolute Gasteiger partial charge is 0.478 e. The van der Waals surface area contributed by atoms with Crippen LogP contribution in [0.3, 0.4) is 0 Å². The van der Waals surface area contributed by atoms with Gasteiger partial charge in [0.25, 0.3) is 0 Å². The molecule has 11 heteroatoms. The SMILES string of the molecule is N#Cc1c(-c2ccco2)cc(-c2ccc(C(=O)O)cc2)nc1N.O=C(O)C(F)(F)F. The third-order valence-corrected chi connectivity index (χ3v) is 3.62. The molecular formula is C19H12F3N3O5. The van der Waals surface area contributed by atoms with Gasteiger partial charge < -0.3 is 20.4 Å². The summed E-state index contributed by atoms with van der Waals surface area (Å²) in [7, 11) is 0. The van der Waals surface area contributed by atoms with Gasteiger partial charge in [-0.15, -0.1) is 0 Å². The number of rotatable bonds is 3. The van der Waals surface area contributed by atoms with Crippen molar-refractivity contribution in [3.8, 4) is 28.7 Å². The molecule has 0 atom stereocenters. The van der Waals surface area contributed by atoms with Crippen LogP contribution in [-0.4, -0.2) is 33.3 Å². The topological polar surface area (TPSA) is 150 Å². The van der Waals surface area contributed by atoms with E-state index in [1.165, 1.54) is 18.4 Å². The number of nitrogen functional groups attached to an aromatic ring is 1. The second kappa shape index (κ2) is 8.78. The lowest BCUT2D eigenvalue weighted by atomic mass is 10.0. The van der Waals surface area contributed by atoms with Gasteiger partial charge in [0.15, 0.2) is 0 Å². The molecule has 0 bridgehead atoms. The molecule has 0 spiro atoms. The number of carbonyl (C=O) groups is 2. The summed E-state index contributed by atoms with van der Waals surface area (Å²) >= 11 is 0. The number of benzene rings is 1. The Balaban J connectivity index is 0.000000396. The number of aromatic carboxylic acids is 1. The van der Waals surface area contributed by atoms with Crippen LogP contribution >= 0.6 is 0 Å². The van der Waals surface area contributed by atoms with Gasteiger partial charge in [-0.1, -0.05) is 12.1 Å². The number of aliphatic carboxylic acids is 1. The van der Waals surface area contributed by atoms with E-state index in [9.17, 15) is 23.2 Å². The quantitative estimate of drug-likeness (QED) is 0.580. The summed E-state index contributed by atoms with van der Waals surface area (Å²) in [5.41, 5.74) is 8.08. The first-order valence-electron chi connectivity index (χ1n) is 7.93. The molecule has 2 aromatic heterocycles. The minimum Gasteiger partial charge on any atom is -0.478 e. The maximum absolute atomic E-state index is 10.9. The van der Waals surface area contributed by atoms with Crippen LogP contribution in [0.4, 0.5) is 19.0 Å². The van der Waals surface area contributed by atoms with Crippen LogP contribution in [-0.2, 0) is 4.79 Å². The molecule has 0 amide bonds. The molecule has 0 saturated heterocycles. The highest BCUT2D eigenvalue weighted by Crippen LogP contribution is 2.31. The summed E-state index contributed by atoms with van der Waals surface area (Å²) in [6.45, 7) is 0.